The average Bonchev–Trinajstić information content (AvgIpc) is 2.73. The highest BCUT2D eigenvalue weighted by molar-refractivity contribution is 5.03. The van der Waals surface area contributed by atoms with E-state index in [0.29, 0.717) is 5.92 Å². The zero-order valence-electron chi connectivity index (χ0n) is 16.6. The van der Waals surface area contributed by atoms with Gasteiger partial charge in [0.25, 0.3) is 0 Å². The van der Waals surface area contributed by atoms with E-state index in [0.717, 1.165) is 62.5 Å². The Morgan fingerprint density at radius 2 is 1.52 bits per heavy atom. The smallest absolute Gasteiger partial charge is 0.110 e. The van der Waals surface area contributed by atoms with Crippen LogP contribution in [0.1, 0.15) is 64.2 Å². The first-order chi connectivity index (χ1) is 13.2. The van der Waals surface area contributed by atoms with Gasteiger partial charge in [-0.05, 0) is 94.0 Å². The molecule has 27 heavy (non-hydrogen) atoms. The van der Waals surface area contributed by atoms with Gasteiger partial charge in [-0.2, -0.15) is 0 Å². The third kappa shape index (κ3) is 6.01. The van der Waals surface area contributed by atoms with Crippen molar-refractivity contribution in [3.63, 3.8) is 0 Å². The van der Waals surface area contributed by atoms with E-state index in [1.807, 2.05) is 0 Å². The van der Waals surface area contributed by atoms with E-state index in [9.17, 15) is 8.78 Å². The van der Waals surface area contributed by atoms with Gasteiger partial charge in [-0.25, -0.2) is 8.78 Å². The summed E-state index contributed by atoms with van der Waals surface area (Å²) in [6.45, 7) is 4.16. The van der Waals surface area contributed by atoms with Crippen LogP contribution in [0.4, 0.5) is 8.78 Å². The van der Waals surface area contributed by atoms with E-state index >= 15 is 0 Å². The minimum Gasteiger partial charge on any atom is -0.374 e. The van der Waals surface area contributed by atoms with Gasteiger partial charge in [0.05, 0.1) is 12.7 Å². The van der Waals surface area contributed by atoms with Crippen LogP contribution >= 0.6 is 0 Å². The lowest BCUT2D eigenvalue weighted by atomic mass is 9.74. The lowest BCUT2D eigenvalue weighted by molar-refractivity contribution is -0.0157. The number of rotatable bonds is 6. The highest BCUT2D eigenvalue weighted by Crippen LogP contribution is 2.38. The summed E-state index contributed by atoms with van der Waals surface area (Å²) in [6.07, 6.45) is 19.4. The van der Waals surface area contributed by atoms with Crippen LogP contribution in [0.15, 0.2) is 36.7 Å². The fraction of sp³-hybridized carbons (Fsp3) is 0.750. The van der Waals surface area contributed by atoms with Gasteiger partial charge in [0, 0.05) is 5.92 Å². The van der Waals surface area contributed by atoms with Gasteiger partial charge in [0.2, 0.25) is 0 Å². The number of halogens is 2. The molecule has 1 heterocycles. The lowest BCUT2D eigenvalue weighted by Crippen LogP contribution is -2.31. The van der Waals surface area contributed by atoms with E-state index in [1.54, 1.807) is 0 Å². The average molecular weight is 379 g/mol. The third-order valence-corrected chi connectivity index (χ3v) is 7.19. The highest BCUT2D eigenvalue weighted by atomic mass is 19.1. The molecule has 152 valence electrons. The van der Waals surface area contributed by atoms with Gasteiger partial charge in [-0.15, -0.1) is 6.58 Å². The van der Waals surface area contributed by atoms with Crippen molar-refractivity contribution in [2.75, 3.05) is 13.3 Å². The number of allylic oxidation sites excluding steroid dienone is 4. The normalized spacial score (nSPS) is 38.8. The number of alkyl halides is 1. The van der Waals surface area contributed by atoms with Crippen molar-refractivity contribution in [2.24, 2.45) is 29.6 Å². The maximum absolute atomic E-state index is 13.7. The first-order valence-corrected chi connectivity index (χ1v) is 11.0. The van der Waals surface area contributed by atoms with Crippen molar-refractivity contribution >= 4 is 0 Å². The van der Waals surface area contributed by atoms with Crippen molar-refractivity contribution in [3.05, 3.63) is 36.7 Å². The molecule has 1 saturated heterocycles. The highest BCUT2D eigenvalue weighted by Gasteiger charge is 2.30. The second kappa shape index (κ2) is 10.5. The molecule has 1 aliphatic heterocycles. The molecule has 0 amide bonds. The molecule has 3 heteroatoms. The van der Waals surface area contributed by atoms with Gasteiger partial charge < -0.3 is 4.74 Å². The predicted octanol–water partition coefficient (Wildman–Crippen LogP) is 6.96. The minimum absolute atomic E-state index is 0.0618. The molecule has 2 aliphatic carbocycles. The zero-order chi connectivity index (χ0) is 19.1. The first-order valence-electron chi connectivity index (χ1n) is 11.0. The maximum atomic E-state index is 13.7. The first kappa shape index (κ1) is 20.8. The predicted molar refractivity (Wildman–Crippen MR) is 108 cm³/mol. The molecule has 2 atom stereocenters. The number of hydrogen-bond acceptors (Lipinski definition) is 1. The lowest BCUT2D eigenvalue weighted by Gasteiger charge is -2.37. The molecule has 3 fully saturated rings. The SMILES string of the molecule is C=CC1CCC(C2CCC(/C=C/C3CCC(/C(F)=C/CF)CC3)OC2)CC1. The Morgan fingerprint density at radius 3 is 2.11 bits per heavy atom. The van der Waals surface area contributed by atoms with E-state index in [2.05, 4.69) is 24.8 Å². The summed E-state index contributed by atoms with van der Waals surface area (Å²) in [5.74, 6) is 2.53. The molecule has 0 N–H and O–H groups in total. The Bertz CT molecular complexity index is 502. The van der Waals surface area contributed by atoms with Crippen molar-refractivity contribution in [3.8, 4) is 0 Å². The molecular weight excluding hydrogens is 342 g/mol. The van der Waals surface area contributed by atoms with Crippen LogP contribution < -0.4 is 0 Å². The van der Waals surface area contributed by atoms with Crippen LogP contribution in [0.5, 0.6) is 0 Å². The van der Waals surface area contributed by atoms with E-state index < -0.39 is 6.67 Å². The monoisotopic (exact) mass is 378 g/mol. The summed E-state index contributed by atoms with van der Waals surface area (Å²) in [5.41, 5.74) is 0. The molecule has 0 spiro atoms. The van der Waals surface area contributed by atoms with Crippen LogP contribution in [-0.4, -0.2) is 19.4 Å². The second-order valence-electron chi connectivity index (χ2n) is 8.86. The molecule has 1 nitrogen and oxygen atoms in total. The van der Waals surface area contributed by atoms with Crippen molar-refractivity contribution < 1.29 is 13.5 Å². The van der Waals surface area contributed by atoms with Gasteiger partial charge >= 0.3 is 0 Å². The summed E-state index contributed by atoms with van der Waals surface area (Å²) >= 11 is 0. The fourth-order valence-electron chi connectivity index (χ4n) is 5.28. The van der Waals surface area contributed by atoms with Crippen molar-refractivity contribution in [1.82, 2.24) is 0 Å². The minimum atomic E-state index is -0.693. The quantitative estimate of drug-likeness (QED) is 0.454. The third-order valence-electron chi connectivity index (χ3n) is 7.19. The Labute approximate surface area is 163 Å². The fourth-order valence-corrected chi connectivity index (χ4v) is 5.28. The van der Waals surface area contributed by atoms with E-state index in [1.165, 1.54) is 32.1 Å². The molecule has 0 radical (unpaired) electrons. The summed E-state index contributed by atoms with van der Waals surface area (Å²) < 4.78 is 32.1. The van der Waals surface area contributed by atoms with Gasteiger partial charge in [-0.1, -0.05) is 18.2 Å². The number of ether oxygens (including phenoxy) is 1. The molecule has 0 aromatic heterocycles. The van der Waals surface area contributed by atoms with Crippen LogP contribution in [0, 0.1) is 29.6 Å². The summed E-state index contributed by atoms with van der Waals surface area (Å²) in [6, 6.07) is 0. The van der Waals surface area contributed by atoms with Gasteiger partial charge in [-0.3, -0.25) is 0 Å². The Balaban J connectivity index is 1.36. The van der Waals surface area contributed by atoms with Crippen LogP contribution in [0.2, 0.25) is 0 Å². The standard InChI is InChI=1S/C24H36F2O/c1-2-18-3-8-20(9-4-18)22-12-14-23(27-17-22)13-7-19-5-10-21(11-6-19)24(26)15-16-25/h2,7,13,15,18-23H,1,3-6,8-12,14,16-17H2/b13-7+,24-15-. The van der Waals surface area contributed by atoms with E-state index in [4.69, 9.17) is 4.74 Å². The van der Waals surface area contributed by atoms with Crippen molar-refractivity contribution in [1.29, 1.82) is 0 Å². The number of hydrogen-bond donors (Lipinski definition) is 0. The maximum Gasteiger partial charge on any atom is 0.110 e. The van der Waals surface area contributed by atoms with Crippen LogP contribution in [-0.2, 0) is 4.74 Å². The summed E-state index contributed by atoms with van der Waals surface area (Å²) in [4.78, 5) is 0. The van der Waals surface area contributed by atoms with Crippen molar-refractivity contribution in [2.45, 2.75) is 70.3 Å². The molecule has 3 rings (SSSR count). The molecule has 0 aromatic rings. The zero-order valence-corrected chi connectivity index (χ0v) is 16.6. The Hall–Kier alpha value is -0.960. The molecule has 0 aromatic carbocycles. The molecular formula is C24H36F2O. The van der Waals surface area contributed by atoms with E-state index in [-0.39, 0.29) is 17.8 Å². The topological polar surface area (TPSA) is 9.23 Å². The largest absolute Gasteiger partial charge is 0.374 e. The Morgan fingerprint density at radius 1 is 0.852 bits per heavy atom. The molecule has 2 saturated carbocycles. The van der Waals surface area contributed by atoms with Crippen LogP contribution in [0.25, 0.3) is 0 Å². The molecule has 2 unspecified atom stereocenters. The Kier molecular flexibility index (Phi) is 8.11. The second-order valence-corrected chi connectivity index (χ2v) is 8.86. The molecule has 3 aliphatic rings. The molecule has 0 bridgehead atoms. The van der Waals surface area contributed by atoms with Gasteiger partial charge in [0.1, 0.15) is 12.5 Å². The summed E-state index contributed by atoms with van der Waals surface area (Å²) in [5, 5.41) is 0. The van der Waals surface area contributed by atoms with Crippen LogP contribution in [0.3, 0.4) is 0 Å². The van der Waals surface area contributed by atoms with Gasteiger partial charge in [0.15, 0.2) is 0 Å². The summed E-state index contributed by atoms with van der Waals surface area (Å²) in [7, 11) is 0.